The minimum absolute atomic E-state index is 0.293. The first-order valence-electron chi connectivity index (χ1n) is 4.19. The first-order chi connectivity index (χ1) is 6.18. The van der Waals surface area contributed by atoms with Gasteiger partial charge in [0, 0.05) is 6.42 Å². The monoisotopic (exact) mass is 178 g/mol. The third-order valence-corrected chi connectivity index (χ3v) is 2.05. The molecule has 0 radical (unpaired) electrons. The number of ether oxygens (including phenoxy) is 1. The van der Waals surface area contributed by atoms with Crippen LogP contribution in [0.3, 0.4) is 0 Å². The quantitative estimate of drug-likeness (QED) is 0.551. The topological polar surface area (TPSA) is 52.1 Å². The summed E-state index contributed by atoms with van der Waals surface area (Å²) in [6, 6.07) is 0. The molecule has 0 fully saturated rings. The van der Waals surface area contributed by atoms with Gasteiger partial charge in [-0.1, -0.05) is 0 Å². The van der Waals surface area contributed by atoms with Crippen molar-refractivity contribution < 1.29 is 9.53 Å². The van der Waals surface area contributed by atoms with Crippen LogP contribution < -0.4 is 0 Å². The minimum Gasteiger partial charge on any atom is -0.462 e. The van der Waals surface area contributed by atoms with Crippen LogP contribution in [0, 0.1) is 13.8 Å². The summed E-state index contributed by atoms with van der Waals surface area (Å²) in [5.74, 6) is 0.421. The standard InChI is InChI=1S/C9H10N2O2/c1-5-8-7(11-6(2)10-5)3-4-13-9(8)12/h3-4H2,1-2H3. The zero-order chi connectivity index (χ0) is 9.42. The summed E-state index contributed by atoms with van der Waals surface area (Å²) in [5.41, 5.74) is 2.09. The summed E-state index contributed by atoms with van der Waals surface area (Å²) >= 11 is 0. The van der Waals surface area contributed by atoms with Crippen LogP contribution in [0.2, 0.25) is 0 Å². The molecule has 0 amide bonds. The van der Waals surface area contributed by atoms with Crippen molar-refractivity contribution >= 4 is 5.97 Å². The number of hydrogen-bond donors (Lipinski definition) is 0. The summed E-state index contributed by atoms with van der Waals surface area (Å²) in [6.45, 7) is 4.06. The number of fused-ring (bicyclic) bond motifs is 1. The maximum atomic E-state index is 11.3. The number of cyclic esters (lactones) is 1. The Morgan fingerprint density at radius 3 is 2.85 bits per heavy atom. The lowest BCUT2D eigenvalue weighted by Gasteiger charge is -2.16. The summed E-state index contributed by atoms with van der Waals surface area (Å²) in [4.78, 5) is 19.7. The summed E-state index contributed by atoms with van der Waals surface area (Å²) < 4.78 is 4.91. The van der Waals surface area contributed by atoms with Crippen molar-refractivity contribution in [1.29, 1.82) is 0 Å². The molecule has 2 heterocycles. The van der Waals surface area contributed by atoms with Crippen molar-refractivity contribution in [3.8, 4) is 0 Å². The van der Waals surface area contributed by atoms with Crippen molar-refractivity contribution in [2.24, 2.45) is 0 Å². The van der Waals surface area contributed by atoms with Gasteiger partial charge in [0.15, 0.2) is 0 Å². The van der Waals surface area contributed by atoms with Crippen LogP contribution in [-0.2, 0) is 11.2 Å². The van der Waals surface area contributed by atoms with E-state index in [1.807, 2.05) is 6.92 Å². The normalized spacial score (nSPS) is 15.1. The highest BCUT2D eigenvalue weighted by Gasteiger charge is 2.22. The Bertz CT molecular complexity index is 374. The summed E-state index contributed by atoms with van der Waals surface area (Å²) in [5, 5.41) is 0. The highest BCUT2D eigenvalue weighted by Crippen LogP contribution is 2.17. The molecule has 1 aliphatic rings. The van der Waals surface area contributed by atoms with Gasteiger partial charge in [0.2, 0.25) is 0 Å². The van der Waals surface area contributed by atoms with E-state index in [4.69, 9.17) is 4.74 Å². The second-order valence-corrected chi connectivity index (χ2v) is 3.06. The predicted molar refractivity (Wildman–Crippen MR) is 45.5 cm³/mol. The molecule has 0 aliphatic carbocycles. The maximum absolute atomic E-state index is 11.3. The van der Waals surface area contributed by atoms with Crippen LogP contribution in [0.25, 0.3) is 0 Å². The van der Waals surface area contributed by atoms with Gasteiger partial charge < -0.3 is 4.74 Å². The molecule has 1 aromatic rings. The van der Waals surface area contributed by atoms with E-state index in [0.717, 1.165) is 5.69 Å². The average Bonchev–Trinajstić information content (AvgIpc) is 2.02. The van der Waals surface area contributed by atoms with Gasteiger partial charge in [-0.25, -0.2) is 14.8 Å². The van der Waals surface area contributed by atoms with E-state index in [0.29, 0.717) is 30.1 Å². The fourth-order valence-electron chi connectivity index (χ4n) is 1.54. The van der Waals surface area contributed by atoms with E-state index in [1.165, 1.54) is 0 Å². The molecule has 13 heavy (non-hydrogen) atoms. The van der Waals surface area contributed by atoms with E-state index in [2.05, 4.69) is 9.97 Å². The lowest BCUT2D eigenvalue weighted by Crippen LogP contribution is -2.21. The number of hydrogen-bond acceptors (Lipinski definition) is 4. The average molecular weight is 178 g/mol. The van der Waals surface area contributed by atoms with Crippen LogP contribution in [0.5, 0.6) is 0 Å². The van der Waals surface area contributed by atoms with Gasteiger partial charge in [0.25, 0.3) is 0 Å². The Balaban J connectivity index is 2.63. The van der Waals surface area contributed by atoms with E-state index >= 15 is 0 Å². The highest BCUT2D eigenvalue weighted by atomic mass is 16.5. The largest absolute Gasteiger partial charge is 0.462 e. The van der Waals surface area contributed by atoms with Gasteiger partial charge in [-0.2, -0.15) is 0 Å². The SMILES string of the molecule is Cc1nc(C)c2c(n1)CCOC2=O. The van der Waals surface area contributed by atoms with Crippen molar-refractivity contribution in [1.82, 2.24) is 9.97 Å². The van der Waals surface area contributed by atoms with Gasteiger partial charge in [-0.15, -0.1) is 0 Å². The fraction of sp³-hybridized carbons (Fsp3) is 0.444. The maximum Gasteiger partial charge on any atom is 0.341 e. The zero-order valence-corrected chi connectivity index (χ0v) is 7.63. The zero-order valence-electron chi connectivity index (χ0n) is 7.63. The van der Waals surface area contributed by atoms with E-state index in [1.54, 1.807) is 6.92 Å². The van der Waals surface area contributed by atoms with Gasteiger partial charge in [-0.3, -0.25) is 0 Å². The van der Waals surface area contributed by atoms with E-state index in [9.17, 15) is 4.79 Å². The molecule has 68 valence electrons. The van der Waals surface area contributed by atoms with Gasteiger partial charge in [-0.05, 0) is 13.8 Å². The van der Waals surface area contributed by atoms with Crippen molar-refractivity contribution in [3.05, 3.63) is 22.8 Å². The number of nitrogens with zero attached hydrogens (tertiary/aromatic N) is 2. The van der Waals surface area contributed by atoms with Crippen LogP contribution in [0.1, 0.15) is 27.6 Å². The first-order valence-corrected chi connectivity index (χ1v) is 4.19. The Morgan fingerprint density at radius 2 is 2.08 bits per heavy atom. The van der Waals surface area contributed by atoms with Crippen molar-refractivity contribution in [2.75, 3.05) is 6.61 Å². The lowest BCUT2D eigenvalue weighted by atomic mass is 10.1. The number of aryl methyl sites for hydroxylation is 2. The molecule has 0 bridgehead atoms. The van der Waals surface area contributed by atoms with Crippen molar-refractivity contribution in [3.63, 3.8) is 0 Å². The second kappa shape index (κ2) is 2.80. The molecule has 4 heteroatoms. The summed E-state index contributed by atoms with van der Waals surface area (Å²) in [7, 11) is 0. The van der Waals surface area contributed by atoms with Gasteiger partial charge in [0.1, 0.15) is 11.4 Å². The molecule has 0 N–H and O–H groups in total. The molecule has 4 nitrogen and oxygen atoms in total. The predicted octanol–water partition coefficient (Wildman–Crippen LogP) is 0.806. The Hall–Kier alpha value is -1.45. The number of aromatic nitrogens is 2. The Labute approximate surface area is 76.0 Å². The molecular formula is C9H10N2O2. The van der Waals surface area contributed by atoms with Gasteiger partial charge in [0.05, 0.1) is 18.0 Å². The van der Waals surface area contributed by atoms with Crippen LogP contribution in [0.15, 0.2) is 0 Å². The van der Waals surface area contributed by atoms with E-state index in [-0.39, 0.29) is 5.97 Å². The second-order valence-electron chi connectivity index (χ2n) is 3.06. The molecule has 0 spiro atoms. The highest BCUT2D eigenvalue weighted by molar-refractivity contribution is 5.92. The number of rotatable bonds is 0. The Kier molecular flexibility index (Phi) is 1.76. The molecule has 2 rings (SSSR count). The molecule has 0 atom stereocenters. The lowest BCUT2D eigenvalue weighted by molar-refractivity contribution is 0.0475. The third kappa shape index (κ3) is 1.28. The molecule has 0 saturated heterocycles. The number of carbonyl (C=O) groups is 1. The molecule has 1 aliphatic heterocycles. The molecular weight excluding hydrogens is 168 g/mol. The van der Waals surface area contributed by atoms with Crippen molar-refractivity contribution in [2.45, 2.75) is 20.3 Å². The number of carbonyl (C=O) groups excluding carboxylic acids is 1. The molecule has 1 aromatic heterocycles. The summed E-state index contributed by atoms with van der Waals surface area (Å²) in [6.07, 6.45) is 0.700. The van der Waals surface area contributed by atoms with Crippen LogP contribution in [-0.4, -0.2) is 22.5 Å². The van der Waals surface area contributed by atoms with Gasteiger partial charge >= 0.3 is 5.97 Å². The number of esters is 1. The van der Waals surface area contributed by atoms with Crippen LogP contribution >= 0.6 is 0 Å². The molecule has 0 saturated carbocycles. The Morgan fingerprint density at radius 1 is 1.31 bits per heavy atom. The first kappa shape index (κ1) is 8.16. The smallest absolute Gasteiger partial charge is 0.341 e. The molecule has 0 aromatic carbocycles. The minimum atomic E-state index is -0.293. The fourth-order valence-corrected chi connectivity index (χ4v) is 1.54. The van der Waals surface area contributed by atoms with E-state index < -0.39 is 0 Å². The molecule has 0 unspecified atom stereocenters. The van der Waals surface area contributed by atoms with Crippen LogP contribution in [0.4, 0.5) is 0 Å². The third-order valence-electron chi connectivity index (χ3n) is 2.05.